The van der Waals surface area contributed by atoms with Gasteiger partial charge in [-0.1, -0.05) is 28.1 Å². The second-order valence-corrected chi connectivity index (χ2v) is 5.92. The van der Waals surface area contributed by atoms with E-state index in [2.05, 4.69) is 55.8 Å². The Morgan fingerprint density at radius 1 is 1.19 bits per heavy atom. The van der Waals surface area contributed by atoms with Gasteiger partial charge in [0, 0.05) is 11.0 Å². The molecule has 0 fully saturated rings. The third-order valence-electron chi connectivity index (χ3n) is 3.61. The Morgan fingerprint density at radius 3 is 2.67 bits per heavy atom. The van der Waals surface area contributed by atoms with Gasteiger partial charge in [-0.15, -0.1) is 0 Å². The lowest BCUT2D eigenvalue weighted by molar-refractivity contribution is 0.692. The smallest absolute Gasteiger partial charge is 0.106 e. The molecule has 0 bridgehead atoms. The summed E-state index contributed by atoms with van der Waals surface area (Å²) >= 11 is 3.45. The molecule has 1 heterocycles. The maximum Gasteiger partial charge on any atom is 0.106 e. The second kappa shape index (κ2) is 5.71. The summed E-state index contributed by atoms with van der Waals surface area (Å²) in [6, 6.07) is 16.2. The van der Waals surface area contributed by atoms with Gasteiger partial charge in [0.25, 0.3) is 0 Å². The number of hydrogen-bond acceptors (Lipinski definition) is 2. The largest absolute Gasteiger partial charge is 0.328 e. The molecule has 0 atom stereocenters. The van der Waals surface area contributed by atoms with Crippen LogP contribution in [0.5, 0.6) is 0 Å². The summed E-state index contributed by atoms with van der Waals surface area (Å²) in [7, 11) is 0. The van der Waals surface area contributed by atoms with Gasteiger partial charge in [-0.3, -0.25) is 0 Å². The zero-order valence-corrected chi connectivity index (χ0v) is 13.3. The second-order valence-electron chi connectivity index (χ2n) is 5.00. The van der Waals surface area contributed by atoms with Crippen LogP contribution in [-0.4, -0.2) is 9.55 Å². The summed E-state index contributed by atoms with van der Waals surface area (Å²) in [6.45, 7) is 2.89. The molecular formula is C17H14BrN3. The average Bonchev–Trinajstić information content (AvgIpc) is 2.81. The van der Waals surface area contributed by atoms with Crippen molar-refractivity contribution < 1.29 is 0 Å². The standard InChI is InChI=1S/C17H14BrN3/c1-12-20-16-10-14(11-19)4-7-17(16)21(12)9-8-13-2-5-15(18)6-3-13/h2-7,10H,8-9H2,1H3. The molecule has 3 aromatic rings. The Morgan fingerprint density at radius 2 is 1.95 bits per heavy atom. The number of nitriles is 1. The van der Waals surface area contributed by atoms with E-state index in [-0.39, 0.29) is 0 Å². The lowest BCUT2D eigenvalue weighted by Gasteiger charge is -2.07. The van der Waals surface area contributed by atoms with Gasteiger partial charge < -0.3 is 4.57 Å². The molecule has 0 N–H and O–H groups in total. The van der Waals surface area contributed by atoms with Crippen LogP contribution in [-0.2, 0) is 13.0 Å². The molecule has 0 aliphatic rings. The topological polar surface area (TPSA) is 41.6 Å². The lowest BCUT2D eigenvalue weighted by Crippen LogP contribution is -2.03. The van der Waals surface area contributed by atoms with Crippen LogP contribution in [0.15, 0.2) is 46.9 Å². The van der Waals surface area contributed by atoms with Crippen molar-refractivity contribution in [3.63, 3.8) is 0 Å². The number of rotatable bonds is 3. The van der Waals surface area contributed by atoms with E-state index in [0.29, 0.717) is 5.56 Å². The number of halogens is 1. The molecule has 4 heteroatoms. The fraction of sp³-hybridized carbons (Fsp3) is 0.176. The molecule has 0 spiro atoms. The van der Waals surface area contributed by atoms with E-state index in [9.17, 15) is 0 Å². The lowest BCUT2D eigenvalue weighted by atomic mass is 10.1. The Hall–Kier alpha value is -2.12. The minimum absolute atomic E-state index is 0.653. The molecule has 3 rings (SSSR count). The molecule has 0 aliphatic carbocycles. The van der Waals surface area contributed by atoms with E-state index in [1.54, 1.807) is 0 Å². The Balaban J connectivity index is 1.88. The number of aromatic nitrogens is 2. The Labute approximate surface area is 132 Å². The molecule has 2 aromatic carbocycles. The van der Waals surface area contributed by atoms with Gasteiger partial charge in [0.05, 0.1) is 22.7 Å². The first-order valence-electron chi connectivity index (χ1n) is 6.79. The monoisotopic (exact) mass is 339 g/mol. The van der Waals surface area contributed by atoms with Crippen molar-refractivity contribution in [1.29, 1.82) is 5.26 Å². The maximum absolute atomic E-state index is 8.96. The van der Waals surface area contributed by atoms with Gasteiger partial charge in [-0.25, -0.2) is 4.98 Å². The Bertz CT molecular complexity index is 826. The van der Waals surface area contributed by atoms with Crippen molar-refractivity contribution in [3.8, 4) is 6.07 Å². The highest BCUT2D eigenvalue weighted by Gasteiger charge is 2.08. The third-order valence-corrected chi connectivity index (χ3v) is 4.13. The minimum Gasteiger partial charge on any atom is -0.328 e. The van der Waals surface area contributed by atoms with Crippen molar-refractivity contribution >= 4 is 27.0 Å². The highest BCUT2D eigenvalue weighted by atomic mass is 79.9. The minimum atomic E-state index is 0.653. The highest BCUT2D eigenvalue weighted by molar-refractivity contribution is 9.10. The van der Waals surface area contributed by atoms with Gasteiger partial charge in [0.2, 0.25) is 0 Å². The predicted molar refractivity (Wildman–Crippen MR) is 87.0 cm³/mol. The molecule has 0 unspecified atom stereocenters. The summed E-state index contributed by atoms with van der Waals surface area (Å²) in [5.74, 6) is 0.984. The molecular weight excluding hydrogens is 326 g/mol. The highest BCUT2D eigenvalue weighted by Crippen LogP contribution is 2.19. The van der Waals surface area contributed by atoms with Crippen LogP contribution in [0.2, 0.25) is 0 Å². The number of nitrogens with zero attached hydrogens (tertiary/aromatic N) is 3. The maximum atomic E-state index is 8.96. The zero-order chi connectivity index (χ0) is 14.8. The number of benzene rings is 2. The number of fused-ring (bicyclic) bond motifs is 1. The fourth-order valence-electron chi connectivity index (χ4n) is 2.49. The summed E-state index contributed by atoms with van der Waals surface area (Å²) in [5.41, 5.74) is 3.93. The van der Waals surface area contributed by atoms with Gasteiger partial charge in [-0.05, 0) is 49.2 Å². The normalized spacial score (nSPS) is 10.7. The molecule has 1 aromatic heterocycles. The van der Waals surface area contributed by atoms with Gasteiger partial charge in [-0.2, -0.15) is 5.26 Å². The molecule has 0 amide bonds. The van der Waals surface area contributed by atoms with Crippen LogP contribution in [0.3, 0.4) is 0 Å². The summed E-state index contributed by atoms with van der Waals surface area (Å²) < 4.78 is 3.30. The van der Waals surface area contributed by atoms with Crippen molar-refractivity contribution in [2.75, 3.05) is 0 Å². The van der Waals surface area contributed by atoms with E-state index in [1.165, 1.54) is 5.56 Å². The summed E-state index contributed by atoms with van der Waals surface area (Å²) in [4.78, 5) is 4.55. The van der Waals surface area contributed by atoms with Crippen LogP contribution >= 0.6 is 15.9 Å². The molecule has 21 heavy (non-hydrogen) atoms. The number of hydrogen-bond donors (Lipinski definition) is 0. The van der Waals surface area contributed by atoms with E-state index in [0.717, 1.165) is 34.3 Å². The van der Waals surface area contributed by atoms with E-state index in [4.69, 9.17) is 5.26 Å². The third kappa shape index (κ3) is 2.84. The molecule has 104 valence electrons. The molecule has 0 aliphatic heterocycles. The number of imidazole rings is 1. The van der Waals surface area contributed by atoms with Gasteiger partial charge >= 0.3 is 0 Å². The van der Waals surface area contributed by atoms with E-state index >= 15 is 0 Å². The van der Waals surface area contributed by atoms with E-state index < -0.39 is 0 Å². The quantitative estimate of drug-likeness (QED) is 0.716. The first-order valence-corrected chi connectivity index (χ1v) is 7.58. The van der Waals surface area contributed by atoms with Crippen molar-refractivity contribution in [2.24, 2.45) is 0 Å². The Kier molecular flexibility index (Phi) is 3.76. The fourth-order valence-corrected chi connectivity index (χ4v) is 2.76. The first kappa shape index (κ1) is 13.8. The molecule has 0 saturated heterocycles. The molecule has 0 radical (unpaired) electrons. The van der Waals surface area contributed by atoms with Crippen molar-refractivity contribution in [3.05, 3.63) is 63.9 Å². The average molecular weight is 340 g/mol. The van der Waals surface area contributed by atoms with Crippen molar-refractivity contribution in [2.45, 2.75) is 19.9 Å². The summed E-state index contributed by atoms with van der Waals surface area (Å²) in [5, 5.41) is 8.96. The van der Waals surface area contributed by atoms with Crippen LogP contribution in [0.4, 0.5) is 0 Å². The van der Waals surface area contributed by atoms with Crippen LogP contribution in [0.25, 0.3) is 11.0 Å². The predicted octanol–water partition coefficient (Wildman–Crippen LogP) is 4.22. The first-order chi connectivity index (χ1) is 10.2. The van der Waals surface area contributed by atoms with Gasteiger partial charge in [0.15, 0.2) is 0 Å². The van der Waals surface area contributed by atoms with Crippen molar-refractivity contribution in [1.82, 2.24) is 9.55 Å². The zero-order valence-electron chi connectivity index (χ0n) is 11.7. The van der Waals surface area contributed by atoms with Crippen LogP contribution in [0, 0.1) is 18.3 Å². The van der Waals surface area contributed by atoms with Crippen LogP contribution < -0.4 is 0 Å². The summed E-state index contributed by atoms with van der Waals surface area (Å²) in [6.07, 6.45) is 0.958. The van der Waals surface area contributed by atoms with E-state index in [1.807, 2.05) is 25.1 Å². The van der Waals surface area contributed by atoms with Crippen LogP contribution in [0.1, 0.15) is 17.0 Å². The SMILES string of the molecule is Cc1nc2cc(C#N)ccc2n1CCc1ccc(Br)cc1. The molecule has 3 nitrogen and oxygen atoms in total. The number of aryl methyl sites for hydroxylation is 3. The van der Waals surface area contributed by atoms with Gasteiger partial charge in [0.1, 0.15) is 5.82 Å². The molecule has 0 saturated carbocycles.